The molecule has 0 unspecified atom stereocenters. The highest BCUT2D eigenvalue weighted by Gasteiger charge is 2.12. The summed E-state index contributed by atoms with van der Waals surface area (Å²) in [5.41, 5.74) is 0.679. The Bertz CT molecular complexity index is 351. The molecule has 13 heavy (non-hydrogen) atoms. The van der Waals surface area contributed by atoms with Crippen LogP contribution in [0.4, 0.5) is 5.69 Å². The summed E-state index contributed by atoms with van der Waals surface area (Å²) in [5, 5.41) is 10.9. The molecule has 0 spiro atoms. The smallest absolute Gasteiger partial charge is 0.274 e. The molecule has 5 heteroatoms. The second kappa shape index (κ2) is 4.13. The van der Waals surface area contributed by atoms with Crippen LogP contribution in [-0.4, -0.2) is 11.2 Å². The summed E-state index contributed by atoms with van der Waals surface area (Å²) >= 11 is 3.12. The van der Waals surface area contributed by atoms with Crippen LogP contribution in [0.3, 0.4) is 0 Å². The fourth-order valence-electron chi connectivity index (χ4n) is 0.910. The number of carbonyl (C=O) groups excluding carboxylic acids is 1. The number of nitro groups is 1. The summed E-state index contributed by atoms with van der Waals surface area (Å²) in [4.78, 5) is 20.2. The first-order chi connectivity index (χ1) is 6.19. The van der Waals surface area contributed by atoms with Gasteiger partial charge in [-0.15, -0.1) is 0 Å². The minimum absolute atomic E-state index is 0.0577. The molecule has 4 nitrogen and oxygen atoms in total. The topological polar surface area (TPSA) is 60.2 Å². The van der Waals surface area contributed by atoms with Gasteiger partial charge in [-0.1, -0.05) is 28.1 Å². The largest absolute Gasteiger partial charge is 0.285 e. The number of benzene rings is 1. The Kier molecular flexibility index (Phi) is 3.13. The Morgan fingerprint density at radius 2 is 2.23 bits per heavy atom. The van der Waals surface area contributed by atoms with Gasteiger partial charge in [0.1, 0.15) is 0 Å². The highest BCUT2D eigenvalue weighted by Crippen LogP contribution is 2.21. The fourth-order valence-corrected chi connectivity index (χ4v) is 1.38. The maximum atomic E-state index is 10.5. The van der Waals surface area contributed by atoms with Crippen molar-refractivity contribution in [2.45, 2.75) is 5.33 Å². The second-order valence-electron chi connectivity index (χ2n) is 2.34. The van der Waals surface area contributed by atoms with Gasteiger partial charge >= 0.3 is 0 Å². The van der Waals surface area contributed by atoms with Crippen LogP contribution in [0.15, 0.2) is 18.2 Å². The standard InChI is InChI=1S/C8H5BrNO3/c9-4-7-2-1-6(5-11)3-8(7)10(12)13/h1-3H,4H2. The maximum Gasteiger partial charge on any atom is 0.274 e. The number of hydrogen-bond acceptors (Lipinski definition) is 3. The Balaban J connectivity index is 3.25. The SMILES string of the molecule is O=[C]c1ccc(CBr)c([N+](=O)[O-])c1. The molecule has 0 aliphatic heterocycles. The molecule has 0 bridgehead atoms. The van der Waals surface area contributed by atoms with Crippen LogP contribution in [0.2, 0.25) is 0 Å². The summed E-state index contributed by atoms with van der Waals surface area (Å²) in [5.74, 6) is 0. The van der Waals surface area contributed by atoms with Crippen LogP contribution in [-0.2, 0) is 10.1 Å². The Labute approximate surface area is 82.8 Å². The molecule has 1 rings (SSSR count). The first-order valence-corrected chi connectivity index (χ1v) is 4.52. The van der Waals surface area contributed by atoms with E-state index in [-0.39, 0.29) is 11.3 Å². The normalized spacial score (nSPS) is 9.62. The number of rotatable bonds is 3. The molecule has 67 valence electrons. The van der Waals surface area contributed by atoms with Gasteiger partial charge in [-0.2, -0.15) is 0 Å². The number of hydrogen-bond donors (Lipinski definition) is 0. The van der Waals surface area contributed by atoms with Crippen molar-refractivity contribution in [1.29, 1.82) is 0 Å². The lowest BCUT2D eigenvalue weighted by molar-refractivity contribution is -0.385. The molecule has 0 fully saturated rings. The molecule has 0 saturated carbocycles. The van der Waals surface area contributed by atoms with Crippen LogP contribution in [0.1, 0.15) is 11.1 Å². The summed E-state index contributed by atoms with van der Waals surface area (Å²) in [6, 6.07) is 4.24. The molecule has 0 aliphatic carbocycles. The molecular weight excluding hydrogens is 238 g/mol. The lowest BCUT2D eigenvalue weighted by Gasteiger charge is -1.98. The Morgan fingerprint density at radius 1 is 1.54 bits per heavy atom. The third kappa shape index (κ3) is 2.12. The third-order valence-electron chi connectivity index (χ3n) is 1.54. The van der Waals surface area contributed by atoms with Crippen molar-refractivity contribution in [1.82, 2.24) is 0 Å². The molecule has 0 amide bonds. The first kappa shape index (κ1) is 9.85. The Morgan fingerprint density at radius 3 is 2.69 bits per heavy atom. The van der Waals surface area contributed by atoms with Crippen molar-refractivity contribution in [3.8, 4) is 0 Å². The molecular formula is C8H5BrNO3. The van der Waals surface area contributed by atoms with Gasteiger partial charge in [-0.3, -0.25) is 14.9 Å². The molecule has 0 saturated heterocycles. The van der Waals surface area contributed by atoms with E-state index in [1.165, 1.54) is 18.2 Å². The second-order valence-corrected chi connectivity index (χ2v) is 2.90. The summed E-state index contributed by atoms with van der Waals surface area (Å²) in [7, 11) is 0. The molecule has 1 aromatic carbocycles. The molecule has 1 aromatic rings. The van der Waals surface area contributed by atoms with Gasteiger partial charge in [-0.05, 0) is 0 Å². The van der Waals surface area contributed by atoms with E-state index in [1.54, 1.807) is 6.29 Å². The average molecular weight is 243 g/mol. The average Bonchev–Trinajstić information content (AvgIpc) is 2.16. The molecule has 0 aliphatic rings. The van der Waals surface area contributed by atoms with Crippen LogP contribution in [0, 0.1) is 10.1 Å². The predicted octanol–water partition coefficient (Wildman–Crippen LogP) is 1.95. The molecule has 1 radical (unpaired) electrons. The van der Waals surface area contributed by atoms with Crippen molar-refractivity contribution in [3.05, 3.63) is 39.4 Å². The van der Waals surface area contributed by atoms with Crippen LogP contribution in [0.5, 0.6) is 0 Å². The number of halogens is 1. The van der Waals surface area contributed by atoms with E-state index in [2.05, 4.69) is 15.9 Å². The van der Waals surface area contributed by atoms with Gasteiger partial charge in [0.15, 0.2) is 0 Å². The highest BCUT2D eigenvalue weighted by atomic mass is 79.9. The number of nitro benzene ring substituents is 1. The fraction of sp³-hybridized carbons (Fsp3) is 0.125. The quantitative estimate of drug-likeness (QED) is 0.463. The molecule has 0 heterocycles. The predicted molar refractivity (Wildman–Crippen MR) is 50.5 cm³/mol. The number of nitrogens with zero attached hydrogens (tertiary/aromatic N) is 1. The van der Waals surface area contributed by atoms with E-state index in [0.29, 0.717) is 10.9 Å². The van der Waals surface area contributed by atoms with E-state index in [4.69, 9.17) is 0 Å². The lowest BCUT2D eigenvalue weighted by atomic mass is 10.1. The molecule has 0 atom stereocenters. The van der Waals surface area contributed by atoms with Crippen molar-refractivity contribution in [3.63, 3.8) is 0 Å². The lowest BCUT2D eigenvalue weighted by Crippen LogP contribution is -1.94. The van der Waals surface area contributed by atoms with Crippen molar-refractivity contribution in [2.24, 2.45) is 0 Å². The third-order valence-corrected chi connectivity index (χ3v) is 2.15. The summed E-state index contributed by atoms with van der Waals surface area (Å²) in [6.45, 7) is 0. The van der Waals surface area contributed by atoms with Gasteiger partial charge < -0.3 is 0 Å². The Hall–Kier alpha value is -1.23. The minimum Gasteiger partial charge on any atom is -0.285 e. The van der Waals surface area contributed by atoms with E-state index in [9.17, 15) is 14.9 Å². The van der Waals surface area contributed by atoms with Crippen molar-refractivity contribution >= 4 is 27.9 Å². The zero-order valence-corrected chi connectivity index (χ0v) is 8.08. The van der Waals surface area contributed by atoms with Crippen molar-refractivity contribution < 1.29 is 9.72 Å². The zero-order valence-electron chi connectivity index (χ0n) is 6.49. The number of alkyl halides is 1. The van der Waals surface area contributed by atoms with Gasteiger partial charge in [0.25, 0.3) is 5.69 Å². The van der Waals surface area contributed by atoms with E-state index < -0.39 is 4.92 Å². The van der Waals surface area contributed by atoms with Crippen LogP contribution in [0.25, 0.3) is 0 Å². The van der Waals surface area contributed by atoms with Gasteiger partial charge in [0.05, 0.1) is 4.92 Å². The van der Waals surface area contributed by atoms with Crippen LogP contribution < -0.4 is 0 Å². The first-order valence-electron chi connectivity index (χ1n) is 3.40. The molecule has 0 aromatic heterocycles. The van der Waals surface area contributed by atoms with E-state index in [1.807, 2.05) is 0 Å². The monoisotopic (exact) mass is 242 g/mol. The summed E-state index contributed by atoms with van der Waals surface area (Å²) < 4.78 is 0. The zero-order chi connectivity index (χ0) is 9.84. The van der Waals surface area contributed by atoms with Crippen LogP contribution >= 0.6 is 15.9 Å². The van der Waals surface area contributed by atoms with E-state index >= 15 is 0 Å². The van der Waals surface area contributed by atoms with E-state index in [0.717, 1.165) is 0 Å². The van der Waals surface area contributed by atoms with Gasteiger partial charge in [0.2, 0.25) is 6.29 Å². The highest BCUT2D eigenvalue weighted by molar-refractivity contribution is 9.08. The maximum absolute atomic E-state index is 10.5. The van der Waals surface area contributed by atoms with Gasteiger partial charge in [-0.25, -0.2) is 0 Å². The van der Waals surface area contributed by atoms with Crippen molar-refractivity contribution in [2.75, 3.05) is 0 Å². The minimum atomic E-state index is -0.516. The molecule has 0 N–H and O–H groups in total. The van der Waals surface area contributed by atoms with Gasteiger partial charge in [0, 0.05) is 22.5 Å². The summed E-state index contributed by atoms with van der Waals surface area (Å²) in [6.07, 6.45) is 1.60.